The number of carbonyl (C=O) groups excluding carboxylic acids is 1. The van der Waals surface area contributed by atoms with E-state index in [1.54, 1.807) is 48.9 Å². The average molecular weight is 416 g/mol. The molecule has 0 saturated carbocycles. The highest BCUT2D eigenvalue weighted by Gasteiger charge is 2.10. The largest absolute Gasteiger partial charge is 0.350 e. The minimum absolute atomic E-state index is 0.199. The zero-order valence-corrected chi connectivity index (χ0v) is 16.7. The van der Waals surface area contributed by atoms with Crippen molar-refractivity contribution in [3.05, 3.63) is 101 Å². The molecule has 0 aliphatic carbocycles. The Labute approximate surface area is 179 Å². The van der Waals surface area contributed by atoms with E-state index in [2.05, 4.69) is 25.6 Å². The number of nitrogens with zero attached hydrogens (tertiary/aromatic N) is 3. The molecule has 6 nitrogen and oxygen atoms in total. The number of aromatic nitrogens is 3. The molecule has 2 aromatic carbocycles. The summed E-state index contributed by atoms with van der Waals surface area (Å²) in [5.74, 6) is 0.362. The lowest BCUT2D eigenvalue weighted by Crippen LogP contribution is -2.12. The van der Waals surface area contributed by atoms with Gasteiger partial charge in [-0.05, 0) is 54.1 Å². The van der Waals surface area contributed by atoms with Crippen LogP contribution in [0.3, 0.4) is 0 Å². The van der Waals surface area contributed by atoms with Gasteiger partial charge >= 0.3 is 0 Å². The second kappa shape index (κ2) is 9.15. The van der Waals surface area contributed by atoms with Gasteiger partial charge in [-0.2, -0.15) is 0 Å². The minimum atomic E-state index is -0.199. The first-order valence-electron chi connectivity index (χ1n) is 9.31. The first kappa shape index (κ1) is 19.5. The molecule has 30 heavy (non-hydrogen) atoms. The van der Waals surface area contributed by atoms with E-state index in [1.165, 1.54) is 0 Å². The molecule has 148 valence electrons. The molecule has 1 amide bonds. The van der Waals surface area contributed by atoms with Crippen LogP contribution in [-0.2, 0) is 6.54 Å². The van der Waals surface area contributed by atoms with Gasteiger partial charge in [0, 0.05) is 41.9 Å². The van der Waals surface area contributed by atoms with E-state index < -0.39 is 0 Å². The van der Waals surface area contributed by atoms with Crippen LogP contribution < -0.4 is 10.6 Å². The molecule has 0 spiro atoms. The van der Waals surface area contributed by atoms with E-state index in [0.717, 1.165) is 16.8 Å². The number of anilines is 2. The Morgan fingerprint density at radius 1 is 0.867 bits per heavy atom. The smallest absolute Gasteiger partial charge is 0.255 e. The van der Waals surface area contributed by atoms with Gasteiger partial charge in [0.25, 0.3) is 5.91 Å². The lowest BCUT2D eigenvalue weighted by Gasteiger charge is -2.10. The highest BCUT2D eigenvalue weighted by atomic mass is 35.5. The maximum absolute atomic E-state index is 12.6. The Morgan fingerprint density at radius 2 is 1.63 bits per heavy atom. The summed E-state index contributed by atoms with van der Waals surface area (Å²) in [7, 11) is 0. The molecule has 4 aromatic rings. The zero-order chi connectivity index (χ0) is 20.8. The predicted octanol–water partition coefficient (Wildman–Crippen LogP) is 5.06. The Kier molecular flexibility index (Phi) is 5.96. The molecule has 2 heterocycles. The maximum Gasteiger partial charge on any atom is 0.255 e. The molecule has 7 heteroatoms. The number of hydrogen-bond acceptors (Lipinski definition) is 5. The van der Waals surface area contributed by atoms with Gasteiger partial charge in [-0.3, -0.25) is 9.78 Å². The van der Waals surface area contributed by atoms with Gasteiger partial charge in [0.15, 0.2) is 0 Å². The third-order valence-electron chi connectivity index (χ3n) is 4.40. The SMILES string of the molecule is O=C(Nc1ccc(Cl)c(-c2ccccn2)c1)c1ccc(CNc2ncccn2)cc1. The van der Waals surface area contributed by atoms with Gasteiger partial charge in [0.1, 0.15) is 0 Å². The van der Waals surface area contributed by atoms with Crippen molar-refractivity contribution in [2.75, 3.05) is 10.6 Å². The molecule has 2 aromatic heterocycles. The molecular formula is C23H18ClN5O. The summed E-state index contributed by atoms with van der Waals surface area (Å²) in [5.41, 5.74) is 3.74. The Hall–Kier alpha value is -3.77. The molecule has 0 unspecified atom stereocenters. The van der Waals surface area contributed by atoms with Gasteiger partial charge in [0.05, 0.1) is 10.7 Å². The van der Waals surface area contributed by atoms with Crippen LogP contribution in [0.25, 0.3) is 11.3 Å². The fraction of sp³-hybridized carbons (Fsp3) is 0.0435. The maximum atomic E-state index is 12.6. The molecule has 0 aliphatic rings. The Balaban J connectivity index is 1.43. The molecule has 0 fully saturated rings. The lowest BCUT2D eigenvalue weighted by atomic mass is 10.1. The van der Waals surface area contributed by atoms with Crippen LogP contribution in [-0.4, -0.2) is 20.9 Å². The van der Waals surface area contributed by atoms with Crippen molar-refractivity contribution in [1.29, 1.82) is 0 Å². The Morgan fingerprint density at radius 3 is 2.37 bits per heavy atom. The van der Waals surface area contributed by atoms with Crippen molar-refractivity contribution >= 4 is 29.1 Å². The second-order valence-corrected chi connectivity index (χ2v) is 6.89. The predicted molar refractivity (Wildman–Crippen MR) is 118 cm³/mol. The van der Waals surface area contributed by atoms with Crippen molar-refractivity contribution in [3.8, 4) is 11.3 Å². The molecule has 0 atom stereocenters. The van der Waals surface area contributed by atoms with Crippen LogP contribution in [0.5, 0.6) is 0 Å². The van der Waals surface area contributed by atoms with Gasteiger partial charge in [0.2, 0.25) is 5.95 Å². The molecule has 0 saturated heterocycles. The van der Waals surface area contributed by atoms with Gasteiger partial charge < -0.3 is 10.6 Å². The van der Waals surface area contributed by atoms with Gasteiger partial charge in [-0.15, -0.1) is 0 Å². The Bertz CT molecular complexity index is 1140. The number of hydrogen-bond donors (Lipinski definition) is 2. The number of nitrogens with one attached hydrogen (secondary N) is 2. The van der Waals surface area contributed by atoms with Gasteiger partial charge in [-0.1, -0.05) is 29.8 Å². The average Bonchev–Trinajstić information content (AvgIpc) is 2.80. The first-order valence-corrected chi connectivity index (χ1v) is 9.69. The van der Waals surface area contributed by atoms with E-state index in [-0.39, 0.29) is 5.91 Å². The first-order chi connectivity index (χ1) is 14.7. The molecule has 4 rings (SSSR count). The van der Waals surface area contributed by atoms with Crippen molar-refractivity contribution in [3.63, 3.8) is 0 Å². The highest BCUT2D eigenvalue weighted by Crippen LogP contribution is 2.29. The summed E-state index contributed by atoms with van der Waals surface area (Å²) in [6, 6.07) is 20.1. The van der Waals surface area contributed by atoms with Crippen molar-refractivity contribution in [2.24, 2.45) is 0 Å². The summed E-state index contributed by atoms with van der Waals surface area (Å²) in [4.78, 5) is 25.2. The van der Waals surface area contributed by atoms with E-state index in [9.17, 15) is 4.79 Å². The zero-order valence-electron chi connectivity index (χ0n) is 15.9. The van der Waals surface area contributed by atoms with Crippen LogP contribution >= 0.6 is 11.6 Å². The minimum Gasteiger partial charge on any atom is -0.350 e. The van der Waals surface area contributed by atoms with E-state index >= 15 is 0 Å². The monoisotopic (exact) mass is 415 g/mol. The van der Waals surface area contributed by atoms with Gasteiger partial charge in [-0.25, -0.2) is 9.97 Å². The van der Waals surface area contributed by atoms with Crippen LogP contribution in [0.1, 0.15) is 15.9 Å². The fourth-order valence-corrected chi connectivity index (χ4v) is 3.08. The second-order valence-electron chi connectivity index (χ2n) is 6.49. The number of amides is 1. The van der Waals surface area contributed by atoms with E-state index in [4.69, 9.17) is 11.6 Å². The summed E-state index contributed by atoms with van der Waals surface area (Å²) < 4.78 is 0. The van der Waals surface area contributed by atoms with E-state index in [1.807, 2.05) is 36.4 Å². The topological polar surface area (TPSA) is 79.8 Å². The summed E-state index contributed by atoms with van der Waals surface area (Å²) in [6.07, 6.45) is 5.06. The van der Waals surface area contributed by atoms with E-state index in [0.29, 0.717) is 28.8 Å². The van der Waals surface area contributed by atoms with Crippen LogP contribution in [0.2, 0.25) is 5.02 Å². The van der Waals surface area contributed by atoms with Crippen molar-refractivity contribution < 1.29 is 4.79 Å². The molecule has 2 N–H and O–H groups in total. The van der Waals surface area contributed by atoms with Crippen LogP contribution in [0.15, 0.2) is 85.3 Å². The normalized spacial score (nSPS) is 10.4. The number of halogens is 1. The van der Waals surface area contributed by atoms with Crippen molar-refractivity contribution in [1.82, 2.24) is 15.0 Å². The third kappa shape index (κ3) is 4.79. The quantitative estimate of drug-likeness (QED) is 0.460. The standard InChI is InChI=1S/C23H18ClN5O/c24-20-10-9-18(14-19(20)21-4-1-2-11-25-21)29-22(30)17-7-5-16(6-8-17)15-28-23-26-12-3-13-27-23/h1-14H,15H2,(H,29,30)(H,26,27,28). The summed E-state index contributed by atoms with van der Waals surface area (Å²) in [6.45, 7) is 0.566. The fourth-order valence-electron chi connectivity index (χ4n) is 2.87. The molecule has 0 bridgehead atoms. The third-order valence-corrected chi connectivity index (χ3v) is 4.73. The van der Waals surface area contributed by atoms with Crippen LogP contribution in [0, 0.1) is 0 Å². The highest BCUT2D eigenvalue weighted by molar-refractivity contribution is 6.33. The summed E-state index contributed by atoms with van der Waals surface area (Å²) >= 11 is 6.31. The lowest BCUT2D eigenvalue weighted by molar-refractivity contribution is 0.102. The number of rotatable bonds is 6. The number of carbonyl (C=O) groups is 1. The molecule has 0 aliphatic heterocycles. The molecular weight excluding hydrogens is 398 g/mol. The van der Waals surface area contributed by atoms with Crippen LogP contribution in [0.4, 0.5) is 11.6 Å². The number of pyridine rings is 1. The molecule has 0 radical (unpaired) electrons. The number of benzene rings is 2. The summed E-state index contributed by atoms with van der Waals surface area (Å²) in [5, 5.41) is 6.62. The van der Waals surface area contributed by atoms with Crippen molar-refractivity contribution in [2.45, 2.75) is 6.54 Å².